The zero-order chi connectivity index (χ0) is 12.1. The van der Waals surface area contributed by atoms with Gasteiger partial charge in [-0.2, -0.15) is 0 Å². The average molecular weight is 238 g/mol. The predicted octanol–water partition coefficient (Wildman–Crippen LogP) is 2.57. The van der Waals surface area contributed by atoms with E-state index in [0.717, 1.165) is 38.5 Å². The van der Waals surface area contributed by atoms with Gasteiger partial charge in [-0.05, 0) is 50.4 Å². The molecule has 3 nitrogen and oxygen atoms in total. The summed E-state index contributed by atoms with van der Waals surface area (Å²) in [5, 5.41) is 20.7. The number of carbonyl (C=O) groups is 1. The summed E-state index contributed by atoms with van der Waals surface area (Å²) < 4.78 is 0. The number of carboxylic acids is 1. The van der Waals surface area contributed by atoms with Gasteiger partial charge in [0.25, 0.3) is 0 Å². The molecule has 3 saturated carbocycles. The minimum absolute atomic E-state index is 0.252. The number of aliphatic hydroxyl groups is 1. The van der Waals surface area contributed by atoms with Gasteiger partial charge >= 0.3 is 5.97 Å². The summed E-state index contributed by atoms with van der Waals surface area (Å²) >= 11 is 0. The van der Waals surface area contributed by atoms with E-state index in [4.69, 9.17) is 0 Å². The first kappa shape index (κ1) is 11.5. The first-order chi connectivity index (χ1) is 8.08. The van der Waals surface area contributed by atoms with Crippen LogP contribution in [-0.4, -0.2) is 21.8 Å². The van der Waals surface area contributed by atoms with Crippen LogP contribution in [0.5, 0.6) is 0 Å². The van der Waals surface area contributed by atoms with Gasteiger partial charge in [0.05, 0.1) is 11.0 Å². The maximum absolute atomic E-state index is 11.8. The highest BCUT2D eigenvalue weighted by Crippen LogP contribution is 2.61. The Morgan fingerprint density at radius 1 is 1.12 bits per heavy atom. The summed E-state index contributed by atoms with van der Waals surface area (Å²) in [5.41, 5.74) is -1.73. The fourth-order valence-corrected chi connectivity index (χ4v) is 4.87. The second-order valence-electron chi connectivity index (χ2n) is 6.45. The molecule has 3 rings (SSSR count). The lowest BCUT2D eigenvalue weighted by atomic mass is 9.58. The number of hydrogen-bond donors (Lipinski definition) is 2. The molecule has 0 radical (unpaired) electrons. The maximum atomic E-state index is 11.8. The zero-order valence-corrected chi connectivity index (χ0v) is 10.3. The molecule has 2 bridgehead atoms. The van der Waals surface area contributed by atoms with Crippen molar-refractivity contribution in [1.82, 2.24) is 0 Å². The van der Waals surface area contributed by atoms with Crippen molar-refractivity contribution in [1.29, 1.82) is 0 Å². The van der Waals surface area contributed by atoms with Crippen molar-refractivity contribution in [2.75, 3.05) is 0 Å². The van der Waals surface area contributed by atoms with Crippen LogP contribution in [0.3, 0.4) is 0 Å². The van der Waals surface area contributed by atoms with Crippen molar-refractivity contribution in [3.8, 4) is 0 Å². The molecule has 3 aliphatic rings. The largest absolute Gasteiger partial charge is 0.481 e. The van der Waals surface area contributed by atoms with Crippen LogP contribution < -0.4 is 0 Å². The molecule has 3 heteroatoms. The molecule has 0 spiro atoms. The van der Waals surface area contributed by atoms with E-state index in [1.165, 1.54) is 6.42 Å². The molecule has 0 amide bonds. The quantitative estimate of drug-likeness (QED) is 0.777. The molecule has 3 atom stereocenters. The maximum Gasteiger partial charge on any atom is 0.312 e. The Morgan fingerprint density at radius 2 is 1.82 bits per heavy atom. The molecule has 0 heterocycles. The Hall–Kier alpha value is -0.570. The van der Waals surface area contributed by atoms with Gasteiger partial charge in [-0.15, -0.1) is 0 Å². The summed E-state index contributed by atoms with van der Waals surface area (Å²) in [6.07, 6.45) is 8.45. The van der Waals surface area contributed by atoms with Crippen molar-refractivity contribution in [2.45, 2.75) is 63.4 Å². The third kappa shape index (κ3) is 1.41. The number of carboxylic acid groups (broad SMARTS) is 1. The second-order valence-corrected chi connectivity index (χ2v) is 6.45. The van der Waals surface area contributed by atoms with Crippen molar-refractivity contribution < 1.29 is 15.0 Å². The molecule has 17 heavy (non-hydrogen) atoms. The van der Waals surface area contributed by atoms with Gasteiger partial charge in [0.2, 0.25) is 0 Å². The molecular weight excluding hydrogens is 216 g/mol. The number of hydrogen-bond acceptors (Lipinski definition) is 2. The molecule has 2 N–H and O–H groups in total. The molecular formula is C14H22O3. The van der Waals surface area contributed by atoms with Crippen LogP contribution in [0.15, 0.2) is 0 Å². The summed E-state index contributed by atoms with van der Waals surface area (Å²) in [5.74, 6) is 0.0945. The smallest absolute Gasteiger partial charge is 0.312 e. The summed E-state index contributed by atoms with van der Waals surface area (Å²) in [6, 6.07) is 0. The molecule has 0 aromatic heterocycles. The lowest BCUT2D eigenvalue weighted by molar-refractivity contribution is -0.185. The average Bonchev–Trinajstić information content (AvgIpc) is 2.90. The predicted molar refractivity (Wildman–Crippen MR) is 63.6 cm³/mol. The fraction of sp³-hybridized carbons (Fsp3) is 0.929. The van der Waals surface area contributed by atoms with Crippen molar-refractivity contribution in [3.63, 3.8) is 0 Å². The van der Waals surface area contributed by atoms with Crippen LogP contribution in [0.2, 0.25) is 0 Å². The van der Waals surface area contributed by atoms with Crippen LogP contribution in [0, 0.1) is 17.3 Å². The SMILES string of the molecule is O=C(O)C1(C2(O)CC3CCC2C3)CCCCC1. The van der Waals surface area contributed by atoms with Gasteiger partial charge in [-0.25, -0.2) is 0 Å². The van der Waals surface area contributed by atoms with Gasteiger partial charge in [0, 0.05) is 0 Å². The van der Waals surface area contributed by atoms with Crippen LogP contribution in [-0.2, 0) is 4.79 Å². The zero-order valence-electron chi connectivity index (χ0n) is 10.3. The summed E-state index contributed by atoms with van der Waals surface area (Å²) in [4.78, 5) is 11.8. The van der Waals surface area contributed by atoms with E-state index in [9.17, 15) is 15.0 Å². The van der Waals surface area contributed by atoms with Crippen LogP contribution >= 0.6 is 0 Å². The Morgan fingerprint density at radius 3 is 2.29 bits per heavy atom. The van der Waals surface area contributed by atoms with E-state index in [1.54, 1.807) is 0 Å². The molecule has 0 aliphatic heterocycles. The lowest BCUT2D eigenvalue weighted by Gasteiger charge is -2.49. The minimum atomic E-state index is -0.901. The van der Waals surface area contributed by atoms with Crippen molar-refractivity contribution in [2.24, 2.45) is 17.3 Å². The highest BCUT2D eigenvalue weighted by Gasteiger charge is 2.64. The fourth-order valence-electron chi connectivity index (χ4n) is 4.87. The Kier molecular flexibility index (Phi) is 2.51. The Bertz CT molecular complexity index is 332. The van der Waals surface area contributed by atoms with E-state index in [2.05, 4.69) is 0 Å². The highest BCUT2D eigenvalue weighted by atomic mass is 16.4. The van der Waals surface area contributed by atoms with E-state index in [1.807, 2.05) is 0 Å². The lowest BCUT2D eigenvalue weighted by Crippen LogP contribution is -2.57. The molecule has 3 fully saturated rings. The second kappa shape index (κ2) is 3.71. The number of rotatable bonds is 2. The van der Waals surface area contributed by atoms with E-state index in [0.29, 0.717) is 18.8 Å². The molecule has 3 aliphatic carbocycles. The van der Waals surface area contributed by atoms with Gasteiger partial charge in [-0.1, -0.05) is 19.3 Å². The summed E-state index contributed by atoms with van der Waals surface area (Å²) in [6.45, 7) is 0. The molecule has 3 unspecified atom stereocenters. The van der Waals surface area contributed by atoms with Crippen molar-refractivity contribution in [3.05, 3.63) is 0 Å². The normalized spacial score (nSPS) is 43.8. The third-order valence-electron chi connectivity index (χ3n) is 5.76. The monoisotopic (exact) mass is 238 g/mol. The minimum Gasteiger partial charge on any atom is -0.481 e. The van der Waals surface area contributed by atoms with E-state index in [-0.39, 0.29) is 5.92 Å². The van der Waals surface area contributed by atoms with Crippen LogP contribution in [0.4, 0.5) is 0 Å². The van der Waals surface area contributed by atoms with Crippen molar-refractivity contribution >= 4 is 5.97 Å². The third-order valence-corrected chi connectivity index (χ3v) is 5.76. The highest BCUT2D eigenvalue weighted by molar-refractivity contribution is 5.77. The first-order valence-corrected chi connectivity index (χ1v) is 7.04. The Labute approximate surface area is 102 Å². The molecule has 0 saturated heterocycles. The van der Waals surface area contributed by atoms with E-state index >= 15 is 0 Å². The number of aliphatic carboxylic acids is 1. The molecule has 0 aromatic carbocycles. The first-order valence-electron chi connectivity index (χ1n) is 7.04. The summed E-state index contributed by atoms with van der Waals surface area (Å²) in [7, 11) is 0. The van der Waals surface area contributed by atoms with Crippen LogP contribution in [0.1, 0.15) is 57.8 Å². The van der Waals surface area contributed by atoms with Gasteiger partial charge < -0.3 is 10.2 Å². The van der Waals surface area contributed by atoms with Gasteiger partial charge in [0.15, 0.2) is 0 Å². The Balaban J connectivity index is 1.96. The van der Waals surface area contributed by atoms with E-state index < -0.39 is 17.0 Å². The van der Waals surface area contributed by atoms with Crippen LogP contribution in [0.25, 0.3) is 0 Å². The molecule has 96 valence electrons. The molecule has 0 aromatic rings. The topological polar surface area (TPSA) is 57.5 Å². The van der Waals surface area contributed by atoms with Gasteiger partial charge in [-0.3, -0.25) is 4.79 Å². The van der Waals surface area contributed by atoms with Gasteiger partial charge in [0.1, 0.15) is 0 Å². The number of fused-ring (bicyclic) bond motifs is 2. The standard InChI is InChI=1S/C14H22O3/c15-12(16)13(6-2-1-3-7-13)14(17)9-10-4-5-11(14)8-10/h10-11,17H,1-9H2,(H,15,16).